The van der Waals surface area contributed by atoms with Gasteiger partial charge in [0.1, 0.15) is 0 Å². The molecule has 3 heteroatoms. The van der Waals surface area contributed by atoms with Gasteiger partial charge >= 0.3 is 0 Å². The van der Waals surface area contributed by atoms with E-state index in [2.05, 4.69) is 4.57 Å². The van der Waals surface area contributed by atoms with Crippen molar-refractivity contribution in [2.75, 3.05) is 0 Å². The van der Waals surface area contributed by atoms with E-state index in [1.54, 1.807) is 12.1 Å². The predicted octanol–water partition coefficient (Wildman–Crippen LogP) is 2.17. The molecule has 1 heterocycles. The summed E-state index contributed by atoms with van der Waals surface area (Å²) in [5, 5.41) is 0. The van der Waals surface area contributed by atoms with Crippen LogP contribution in [0.5, 0.6) is 0 Å². The molecule has 2 aromatic rings. The van der Waals surface area contributed by atoms with Crippen LogP contribution in [0.4, 0.5) is 0 Å². The van der Waals surface area contributed by atoms with Crippen molar-refractivity contribution in [3.63, 3.8) is 0 Å². The van der Waals surface area contributed by atoms with Crippen LogP contribution in [0.2, 0.25) is 0 Å². The van der Waals surface area contributed by atoms with Crippen LogP contribution in [0.1, 0.15) is 23.0 Å². The lowest BCUT2D eigenvalue weighted by Gasteiger charge is -2.19. The molecule has 1 atom stereocenters. The van der Waals surface area contributed by atoms with E-state index in [4.69, 9.17) is 5.73 Å². The molecule has 18 heavy (non-hydrogen) atoms. The Balaban J connectivity index is 2.27. The molecule has 3 nitrogen and oxygen atoms in total. The highest BCUT2D eigenvalue weighted by molar-refractivity contribution is 5.19. The minimum atomic E-state index is -0.0638. The first-order valence-corrected chi connectivity index (χ1v) is 6.06. The molecule has 0 saturated carbocycles. The minimum absolute atomic E-state index is 0.0505. The smallest absolute Gasteiger partial charge is 0.182 e. The van der Waals surface area contributed by atoms with Crippen LogP contribution in [-0.4, -0.2) is 4.57 Å². The normalized spacial score (nSPS) is 12.4. The average molecular weight is 242 g/mol. The molecule has 2 N–H and O–H groups in total. The van der Waals surface area contributed by atoms with Gasteiger partial charge in [-0.3, -0.25) is 4.79 Å². The maximum Gasteiger partial charge on any atom is 0.182 e. The molecule has 0 amide bonds. The zero-order chi connectivity index (χ0) is 13.1. The van der Waals surface area contributed by atoms with Gasteiger partial charge in [-0.25, -0.2) is 0 Å². The van der Waals surface area contributed by atoms with Gasteiger partial charge in [-0.2, -0.15) is 0 Å². The molecule has 0 aliphatic rings. The summed E-state index contributed by atoms with van der Waals surface area (Å²) in [7, 11) is 0. The molecule has 0 spiro atoms. The van der Waals surface area contributed by atoms with Gasteiger partial charge in [0, 0.05) is 36.1 Å². The molecule has 0 aliphatic carbocycles. The Kier molecular flexibility index (Phi) is 3.63. The lowest BCUT2D eigenvalue weighted by molar-refractivity contribution is 0.551. The van der Waals surface area contributed by atoms with E-state index in [0.29, 0.717) is 6.54 Å². The van der Waals surface area contributed by atoms with Gasteiger partial charge in [-0.05, 0) is 19.4 Å². The van der Waals surface area contributed by atoms with Crippen molar-refractivity contribution >= 4 is 0 Å². The van der Waals surface area contributed by atoms with Gasteiger partial charge in [-0.15, -0.1) is 0 Å². The number of pyridine rings is 1. The Morgan fingerprint density at radius 3 is 2.22 bits per heavy atom. The van der Waals surface area contributed by atoms with Crippen LogP contribution >= 0.6 is 0 Å². The van der Waals surface area contributed by atoms with Gasteiger partial charge in [0.2, 0.25) is 0 Å². The highest BCUT2D eigenvalue weighted by atomic mass is 16.1. The molecule has 0 bridgehead atoms. The van der Waals surface area contributed by atoms with Crippen LogP contribution in [0.25, 0.3) is 0 Å². The third-order valence-electron chi connectivity index (χ3n) is 3.16. The first kappa shape index (κ1) is 12.6. The predicted molar refractivity (Wildman–Crippen MR) is 73.5 cm³/mol. The first-order chi connectivity index (χ1) is 8.58. The number of nitrogens with zero attached hydrogens (tertiary/aromatic N) is 1. The van der Waals surface area contributed by atoms with Gasteiger partial charge in [0.25, 0.3) is 0 Å². The maximum absolute atomic E-state index is 11.4. The Morgan fingerprint density at radius 1 is 1.11 bits per heavy atom. The second-order valence-electron chi connectivity index (χ2n) is 4.60. The summed E-state index contributed by atoms with van der Waals surface area (Å²) in [5.41, 5.74) is 9.26. The van der Waals surface area contributed by atoms with E-state index >= 15 is 0 Å². The number of hydrogen-bond acceptors (Lipinski definition) is 2. The Morgan fingerprint density at radius 2 is 1.67 bits per heavy atom. The number of nitrogens with two attached hydrogens (primary N) is 1. The molecule has 1 aromatic heterocycles. The van der Waals surface area contributed by atoms with Crippen molar-refractivity contribution in [3.05, 3.63) is 69.6 Å². The highest BCUT2D eigenvalue weighted by Crippen LogP contribution is 2.14. The molecule has 2 rings (SSSR count). The van der Waals surface area contributed by atoms with Gasteiger partial charge in [-0.1, -0.05) is 30.3 Å². The molecule has 1 unspecified atom stereocenters. The summed E-state index contributed by atoms with van der Waals surface area (Å²) >= 11 is 0. The number of hydrogen-bond donors (Lipinski definition) is 1. The summed E-state index contributed by atoms with van der Waals surface area (Å²) < 4.78 is 2.08. The molecule has 0 fully saturated rings. The molecular formula is C15H18N2O. The minimum Gasteiger partial charge on any atom is -0.347 e. The zero-order valence-electron chi connectivity index (χ0n) is 10.8. The van der Waals surface area contributed by atoms with E-state index in [1.165, 1.54) is 0 Å². The summed E-state index contributed by atoms with van der Waals surface area (Å²) in [5.74, 6) is 0. The zero-order valence-corrected chi connectivity index (χ0v) is 10.8. The van der Waals surface area contributed by atoms with Crippen molar-refractivity contribution in [2.45, 2.75) is 26.4 Å². The van der Waals surface area contributed by atoms with Crippen molar-refractivity contribution in [3.8, 4) is 0 Å². The third-order valence-corrected chi connectivity index (χ3v) is 3.16. The van der Waals surface area contributed by atoms with Crippen molar-refractivity contribution in [1.82, 2.24) is 4.57 Å². The number of aromatic nitrogens is 1. The lowest BCUT2D eigenvalue weighted by Crippen LogP contribution is -2.22. The summed E-state index contributed by atoms with van der Waals surface area (Å²) in [6, 6.07) is 13.2. The lowest BCUT2D eigenvalue weighted by atomic mass is 10.1. The summed E-state index contributed by atoms with van der Waals surface area (Å²) in [6.45, 7) is 4.56. The van der Waals surface area contributed by atoms with Gasteiger partial charge in [0.15, 0.2) is 5.43 Å². The van der Waals surface area contributed by atoms with E-state index in [-0.39, 0.29) is 11.5 Å². The maximum atomic E-state index is 11.4. The molecular weight excluding hydrogens is 224 g/mol. The number of rotatable bonds is 3. The standard InChI is InChI=1S/C15H18N2O/c1-11-8-14(18)9-12(2)17(11)10-15(16)13-6-4-3-5-7-13/h3-9,15H,10,16H2,1-2H3. The summed E-state index contributed by atoms with van der Waals surface area (Å²) in [4.78, 5) is 11.4. The van der Waals surface area contributed by atoms with E-state index < -0.39 is 0 Å². The summed E-state index contributed by atoms with van der Waals surface area (Å²) in [6.07, 6.45) is 0. The second-order valence-corrected chi connectivity index (χ2v) is 4.60. The quantitative estimate of drug-likeness (QED) is 0.896. The van der Waals surface area contributed by atoms with Crippen molar-refractivity contribution < 1.29 is 0 Å². The van der Waals surface area contributed by atoms with Crippen LogP contribution in [0, 0.1) is 13.8 Å². The van der Waals surface area contributed by atoms with E-state index in [1.807, 2.05) is 44.2 Å². The number of aryl methyl sites for hydroxylation is 2. The Hall–Kier alpha value is -1.87. The topological polar surface area (TPSA) is 48.0 Å². The molecule has 0 aliphatic heterocycles. The fourth-order valence-corrected chi connectivity index (χ4v) is 2.18. The molecule has 0 radical (unpaired) electrons. The Bertz CT molecular complexity index is 561. The molecule has 0 saturated heterocycles. The van der Waals surface area contributed by atoms with Crippen LogP contribution in [-0.2, 0) is 6.54 Å². The second kappa shape index (κ2) is 5.19. The molecule has 1 aromatic carbocycles. The van der Waals surface area contributed by atoms with E-state index in [9.17, 15) is 4.79 Å². The van der Waals surface area contributed by atoms with Crippen LogP contribution < -0.4 is 11.2 Å². The van der Waals surface area contributed by atoms with Crippen LogP contribution in [0.15, 0.2) is 47.3 Å². The monoisotopic (exact) mass is 242 g/mol. The Labute approximate surface area is 107 Å². The van der Waals surface area contributed by atoms with E-state index in [0.717, 1.165) is 17.0 Å². The van der Waals surface area contributed by atoms with Crippen LogP contribution in [0.3, 0.4) is 0 Å². The molecule has 94 valence electrons. The number of benzene rings is 1. The van der Waals surface area contributed by atoms with Crippen molar-refractivity contribution in [2.24, 2.45) is 5.73 Å². The first-order valence-electron chi connectivity index (χ1n) is 6.06. The largest absolute Gasteiger partial charge is 0.347 e. The van der Waals surface area contributed by atoms with Gasteiger partial charge in [0.05, 0.1) is 0 Å². The highest BCUT2D eigenvalue weighted by Gasteiger charge is 2.09. The van der Waals surface area contributed by atoms with Gasteiger partial charge < -0.3 is 10.3 Å². The van der Waals surface area contributed by atoms with Crippen molar-refractivity contribution in [1.29, 1.82) is 0 Å². The fourth-order valence-electron chi connectivity index (χ4n) is 2.18. The average Bonchev–Trinajstić information content (AvgIpc) is 2.34. The SMILES string of the molecule is Cc1cc(=O)cc(C)n1CC(N)c1ccccc1. The fraction of sp³-hybridized carbons (Fsp3) is 0.267. The third kappa shape index (κ3) is 2.68.